The molecule has 0 saturated heterocycles. The molecule has 0 aliphatic rings. The second kappa shape index (κ2) is 4.73. The van der Waals surface area contributed by atoms with Crippen LogP contribution >= 0.6 is 0 Å². The van der Waals surface area contributed by atoms with Crippen molar-refractivity contribution in [2.24, 2.45) is 0 Å². The fraction of sp³-hybridized carbons (Fsp3) is 0.556. The molecule has 0 spiro atoms. The topological polar surface area (TPSA) is 90.1 Å². The predicted octanol–water partition coefficient (Wildman–Crippen LogP) is 0.624. The highest BCUT2D eigenvalue weighted by atomic mass is 16.6. The largest absolute Gasteiger partial charge is 0.352 e. The number of nitro groups is 1. The Morgan fingerprint density at radius 3 is 2.75 bits per heavy atom. The number of carbonyl (C=O) groups is 1. The first-order valence-electron chi connectivity index (χ1n) is 4.88. The number of nitrogens with one attached hydrogen (secondary N) is 1. The highest BCUT2D eigenvalue weighted by Crippen LogP contribution is 2.15. The summed E-state index contributed by atoms with van der Waals surface area (Å²) in [4.78, 5) is 21.4. The van der Waals surface area contributed by atoms with Crippen LogP contribution in [0.25, 0.3) is 0 Å². The van der Waals surface area contributed by atoms with Crippen LogP contribution in [0.5, 0.6) is 0 Å². The van der Waals surface area contributed by atoms with Gasteiger partial charge in [-0.15, -0.1) is 0 Å². The van der Waals surface area contributed by atoms with E-state index in [1.807, 2.05) is 13.8 Å². The Labute approximate surface area is 92.6 Å². The van der Waals surface area contributed by atoms with E-state index >= 15 is 0 Å². The Hall–Kier alpha value is -1.92. The number of hydrogen-bond acceptors (Lipinski definition) is 4. The lowest BCUT2D eigenvalue weighted by atomic mass is 10.4. The molecule has 0 atom stereocenters. The van der Waals surface area contributed by atoms with Gasteiger partial charge in [-0.2, -0.15) is 5.10 Å². The van der Waals surface area contributed by atoms with E-state index in [1.165, 1.54) is 4.68 Å². The fourth-order valence-electron chi connectivity index (χ4n) is 1.28. The van der Waals surface area contributed by atoms with Crippen molar-refractivity contribution in [3.8, 4) is 0 Å². The summed E-state index contributed by atoms with van der Waals surface area (Å²) in [5.74, 6) is -0.212. The Morgan fingerprint density at radius 2 is 2.31 bits per heavy atom. The van der Waals surface area contributed by atoms with Gasteiger partial charge in [0, 0.05) is 6.04 Å². The summed E-state index contributed by atoms with van der Waals surface area (Å²) < 4.78 is 1.32. The molecule has 0 aromatic carbocycles. The van der Waals surface area contributed by atoms with Crippen molar-refractivity contribution >= 4 is 11.6 Å². The number of aromatic nitrogens is 2. The van der Waals surface area contributed by atoms with Crippen LogP contribution in [0, 0.1) is 17.0 Å². The minimum absolute atomic E-state index is 0.00213. The van der Waals surface area contributed by atoms with Gasteiger partial charge < -0.3 is 5.32 Å². The molecule has 0 radical (unpaired) electrons. The first-order valence-corrected chi connectivity index (χ1v) is 4.88. The molecule has 16 heavy (non-hydrogen) atoms. The standard InChI is InChI=1S/C9H14N4O3/c1-6(2)11-9(14)5-12-7(3)8(4-10-12)13(15)16/h4,6H,5H2,1-3H3,(H,11,14). The van der Waals surface area contributed by atoms with E-state index in [9.17, 15) is 14.9 Å². The maximum atomic E-state index is 11.4. The summed E-state index contributed by atoms with van der Waals surface area (Å²) in [5, 5.41) is 17.0. The summed E-state index contributed by atoms with van der Waals surface area (Å²) in [6.45, 7) is 5.25. The van der Waals surface area contributed by atoms with Gasteiger partial charge in [0.25, 0.3) is 0 Å². The second-order valence-electron chi connectivity index (χ2n) is 3.75. The molecule has 0 bridgehead atoms. The van der Waals surface area contributed by atoms with E-state index in [1.54, 1.807) is 6.92 Å². The van der Waals surface area contributed by atoms with Gasteiger partial charge in [0.15, 0.2) is 0 Å². The van der Waals surface area contributed by atoms with Crippen LogP contribution in [-0.2, 0) is 11.3 Å². The van der Waals surface area contributed by atoms with Gasteiger partial charge >= 0.3 is 5.69 Å². The molecule has 7 nitrogen and oxygen atoms in total. The zero-order chi connectivity index (χ0) is 12.3. The minimum Gasteiger partial charge on any atom is -0.352 e. The molecule has 1 aromatic heterocycles. The smallest absolute Gasteiger partial charge is 0.309 e. The molecule has 1 amide bonds. The first-order chi connectivity index (χ1) is 7.41. The normalized spacial score (nSPS) is 10.5. The van der Waals surface area contributed by atoms with Crippen molar-refractivity contribution in [1.29, 1.82) is 0 Å². The van der Waals surface area contributed by atoms with E-state index < -0.39 is 4.92 Å². The van der Waals surface area contributed by atoms with Gasteiger partial charge in [0.1, 0.15) is 18.4 Å². The van der Waals surface area contributed by atoms with Crippen molar-refractivity contribution in [2.45, 2.75) is 33.4 Å². The lowest BCUT2D eigenvalue weighted by molar-refractivity contribution is -0.385. The third kappa shape index (κ3) is 2.78. The molecule has 1 N–H and O–H groups in total. The van der Waals surface area contributed by atoms with Crippen LogP contribution in [0.15, 0.2) is 6.20 Å². The highest BCUT2D eigenvalue weighted by Gasteiger charge is 2.17. The summed E-state index contributed by atoms with van der Waals surface area (Å²) >= 11 is 0. The summed E-state index contributed by atoms with van der Waals surface area (Å²) in [6.07, 6.45) is 1.15. The molecule has 0 unspecified atom stereocenters. The van der Waals surface area contributed by atoms with Gasteiger partial charge in [-0.1, -0.05) is 0 Å². The van der Waals surface area contributed by atoms with E-state index in [-0.39, 0.29) is 24.2 Å². The van der Waals surface area contributed by atoms with Gasteiger partial charge in [-0.3, -0.25) is 19.6 Å². The molecular formula is C9H14N4O3. The summed E-state index contributed by atoms with van der Waals surface area (Å²) in [5.41, 5.74) is 0.307. The average molecular weight is 226 g/mol. The quantitative estimate of drug-likeness (QED) is 0.602. The Morgan fingerprint density at radius 1 is 1.69 bits per heavy atom. The van der Waals surface area contributed by atoms with E-state index in [0.29, 0.717) is 5.69 Å². The average Bonchev–Trinajstić information content (AvgIpc) is 2.46. The third-order valence-corrected chi connectivity index (χ3v) is 2.02. The Kier molecular flexibility index (Phi) is 3.60. The lowest BCUT2D eigenvalue weighted by Gasteiger charge is -2.08. The number of nitrogens with zero attached hydrogens (tertiary/aromatic N) is 3. The van der Waals surface area contributed by atoms with Crippen LogP contribution in [-0.4, -0.2) is 26.7 Å². The molecule has 0 fully saturated rings. The second-order valence-corrected chi connectivity index (χ2v) is 3.75. The molecule has 1 aromatic rings. The Bertz CT molecular complexity index is 411. The van der Waals surface area contributed by atoms with E-state index in [2.05, 4.69) is 10.4 Å². The molecule has 88 valence electrons. The monoisotopic (exact) mass is 226 g/mol. The number of hydrogen-bond donors (Lipinski definition) is 1. The lowest BCUT2D eigenvalue weighted by Crippen LogP contribution is -2.33. The maximum Gasteiger partial charge on any atom is 0.309 e. The minimum atomic E-state index is -0.515. The molecular weight excluding hydrogens is 212 g/mol. The van der Waals surface area contributed by atoms with Gasteiger partial charge in [0.05, 0.1) is 4.92 Å². The fourth-order valence-corrected chi connectivity index (χ4v) is 1.28. The number of carbonyl (C=O) groups excluding carboxylic acids is 1. The predicted molar refractivity (Wildman–Crippen MR) is 56.9 cm³/mol. The maximum absolute atomic E-state index is 11.4. The highest BCUT2D eigenvalue weighted by molar-refractivity contribution is 5.76. The Balaban J connectivity index is 2.75. The van der Waals surface area contributed by atoms with Crippen LogP contribution in [0.2, 0.25) is 0 Å². The van der Waals surface area contributed by atoms with Crippen LogP contribution in [0.3, 0.4) is 0 Å². The first kappa shape index (κ1) is 12.2. The molecule has 0 aliphatic carbocycles. The van der Waals surface area contributed by atoms with E-state index in [0.717, 1.165) is 6.20 Å². The van der Waals surface area contributed by atoms with Crippen molar-refractivity contribution in [1.82, 2.24) is 15.1 Å². The van der Waals surface area contributed by atoms with Crippen LogP contribution in [0.4, 0.5) is 5.69 Å². The molecule has 1 heterocycles. The zero-order valence-corrected chi connectivity index (χ0v) is 9.43. The van der Waals surface area contributed by atoms with E-state index in [4.69, 9.17) is 0 Å². The summed E-state index contributed by atoms with van der Waals surface area (Å²) in [7, 11) is 0. The van der Waals surface area contributed by atoms with Gasteiger partial charge in [-0.05, 0) is 20.8 Å². The van der Waals surface area contributed by atoms with Gasteiger partial charge in [-0.25, -0.2) is 0 Å². The van der Waals surface area contributed by atoms with Crippen molar-refractivity contribution < 1.29 is 9.72 Å². The zero-order valence-electron chi connectivity index (χ0n) is 9.43. The van der Waals surface area contributed by atoms with Gasteiger partial charge in [0.2, 0.25) is 5.91 Å². The molecule has 0 saturated carbocycles. The summed E-state index contributed by atoms with van der Waals surface area (Å²) in [6, 6.07) is 0.0401. The van der Waals surface area contributed by atoms with Crippen molar-refractivity contribution in [3.05, 3.63) is 22.0 Å². The molecule has 0 aliphatic heterocycles. The number of amides is 1. The van der Waals surface area contributed by atoms with Crippen molar-refractivity contribution in [3.63, 3.8) is 0 Å². The van der Waals surface area contributed by atoms with Crippen LogP contribution in [0.1, 0.15) is 19.5 Å². The number of rotatable bonds is 4. The third-order valence-electron chi connectivity index (χ3n) is 2.02. The van der Waals surface area contributed by atoms with Crippen molar-refractivity contribution in [2.75, 3.05) is 0 Å². The van der Waals surface area contributed by atoms with Crippen LogP contribution < -0.4 is 5.32 Å². The molecule has 1 rings (SSSR count). The SMILES string of the molecule is Cc1c([N+](=O)[O-])cnn1CC(=O)NC(C)C. The molecule has 7 heteroatoms.